The molecule has 0 aromatic heterocycles. The number of carbonyl (C=O) groups excluding carboxylic acids is 2. The zero-order valence-electron chi connectivity index (χ0n) is 16.1. The number of imide groups is 1. The normalized spacial score (nSPS) is 33.7. The van der Waals surface area contributed by atoms with Gasteiger partial charge in [0.25, 0.3) is 5.91 Å². The van der Waals surface area contributed by atoms with Gasteiger partial charge in [0.05, 0.1) is 12.1 Å². The number of piperazine rings is 1. The highest BCUT2D eigenvalue weighted by atomic mass is 16.3. The van der Waals surface area contributed by atoms with Crippen LogP contribution < -0.4 is 0 Å². The molecule has 1 N–H and O–H groups in total. The number of aliphatic hydroxyl groups excluding tert-OH is 1. The molecule has 4 aliphatic heterocycles. The van der Waals surface area contributed by atoms with Gasteiger partial charge in [0.15, 0.2) is 0 Å². The molecule has 7 heteroatoms. The van der Waals surface area contributed by atoms with Crippen LogP contribution >= 0.6 is 0 Å². The molecule has 0 saturated carbocycles. The van der Waals surface area contributed by atoms with Crippen LogP contribution in [-0.2, 0) is 9.59 Å². The predicted octanol–water partition coefficient (Wildman–Crippen LogP) is -0.261. The third-order valence-electron chi connectivity index (χ3n) is 6.89. The number of hydrogen-bond acceptors (Lipinski definition) is 6. The Kier molecular flexibility index (Phi) is 4.84. The summed E-state index contributed by atoms with van der Waals surface area (Å²) in [7, 11) is 2.16. The molecule has 2 amide bonds. The summed E-state index contributed by atoms with van der Waals surface area (Å²) >= 11 is 0. The second-order valence-electron chi connectivity index (χ2n) is 8.68. The first kappa shape index (κ1) is 18.3. The fraction of sp³-hybridized carbons (Fsp3) is 0.895. The van der Waals surface area contributed by atoms with Gasteiger partial charge in [-0.3, -0.25) is 24.3 Å². The summed E-state index contributed by atoms with van der Waals surface area (Å²) in [4.78, 5) is 34.5. The lowest BCUT2D eigenvalue weighted by Crippen LogP contribution is -2.82. The van der Waals surface area contributed by atoms with Crippen molar-refractivity contribution in [2.45, 2.75) is 62.8 Å². The first-order valence-electron chi connectivity index (χ1n) is 10.2. The van der Waals surface area contributed by atoms with E-state index in [9.17, 15) is 14.7 Å². The fourth-order valence-electron chi connectivity index (χ4n) is 5.26. The Morgan fingerprint density at radius 1 is 1.19 bits per heavy atom. The van der Waals surface area contributed by atoms with Crippen molar-refractivity contribution >= 4 is 11.8 Å². The summed E-state index contributed by atoms with van der Waals surface area (Å²) in [5.74, 6) is -0.117. The third kappa shape index (κ3) is 2.80. The monoisotopic (exact) mass is 364 g/mol. The number of unbranched alkanes of at least 4 members (excludes halogenated alkanes) is 1. The smallest absolute Gasteiger partial charge is 0.252 e. The van der Waals surface area contributed by atoms with Crippen molar-refractivity contribution in [3.05, 3.63) is 0 Å². The maximum Gasteiger partial charge on any atom is 0.252 e. The molecule has 2 unspecified atom stereocenters. The zero-order chi connectivity index (χ0) is 18.5. The number of nitrogens with zero attached hydrogens (tertiary/aromatic N) is 4. The topological polar surface area (TPSA) is 67.3 Å². The predicted molar refractivity (Wildman–Crippen MR) is 97.6 cm³/mol. The van der Waals surface area contributed by atoms with Crippen molar-refractivity contribution in [3.63, 3.8) is 0 Å². The standard InChI is InChI=1S/C19H32N4O3/c1-3-4-7-22-17(25)16-10-15(24)11-23(16)19(18(22)26)12-21(13-19)14-5-8-20(2)9-6-14/h14-16,24H,3-13H2,1-2H3. The molecular formula is C19H32N4O3. The van der Waals surface area contributed by atoms with E-state index in [0.29, 0.717) is 38.6 Å². The van der Waals surface area contributed by atoms with Gasteiger partial charge in [0, 0.05) is 32.2 Å². The molecule has 26 heavy (non-hydrogen) atoms. The van der Waals surface area contributed by atoms with Gasteiger partial charge in [-0.25, -0.2) is 0 Å². The Morgan fingerprint density at radius 2 is 1.88 bits per heavy atom. The molecule has 4 rings (SSSR count). The Bertz CT molecular complexity index is 569. The summed E-state index contributed by atoms with van der Waals surface area (Å²) in [6, 6.07) is 0.219. The highest BCUT2D eigenvalue weighted by molar-refractivity contribution is 6.06. The van der Waals surface area contributed by atoms with Crippen molar-refractivity contribution in [2.75, 3.05) is 46.3 Å². The number of aliphatic hydroxyl groups is 1. The number of piperidine rings is 1. The van der Waals surface area contributed by atoms with E-state index in [0.717, 1.165) is 38.8 Å². The molecular weight excluding hydrogens is 332 g/mol. The van der Waals surface area contributed by atoms with Gasteiger partial charge in [-0.1, -0.05) is 13.3 Å². The van der Waals surface area contributed by atoms with Crippen LogP contribution in [0.25, 0.3) is 0 Å². The van der Waals surface area contributed by atoms with Crippen LogP contribution in [0.2, 0.25) is 0 Å². The lowest BCUT2D eigenvalue weighted by molar-refractivity contribution is -0.183. The lowest BCUT2D eigenvalue weighted by Gasteiger charge is -2.60. The third-order valence-corrected chi connectivity index (χ3v) is 6.89. The van der Waals surface area contributed by atoms with Crippen LogP contribution in [0.5, 0.6) is 0 Å². The molecule has 1 spiro atoms. The maximum atomic E-state index is 13.3. The van der Waals surface area contributed by atoms with E-state index in [1.807, 2.05) is 4.90 Å². The summed E-state index contributed by atoms with van der Waals surface area (Å²) < 4.78 is 0. The van der Waals surface area contributed by atoms with E-state index in [1.165, 1.54) is 4.90 Å². The molecule has 2 atom stereocenters. The number of rotatable bonds is 4. The van der Waals surface area contributed by atoms with Crippen LogP contribution in [0, 0.1) is 0 Å². The average molecular weight is 364 g/mol. The molecule has 0 aromatic rings. The van der Waals surface area contributed by atoms with Gasteiger partial charge in [-0.05, 0) is 45.8 Å². The minimum Gasteiger partial charge on any atom is -0.392 e. The van der Waals surface area contributed by atoms with Gasteiger partial charge in [-0.15, -0.1) is 0 Å². The fourth-order valence-corrected chi connectivity index (χ4v) is 5.26. The minimum atomic E-state index is -0.590. The van der Waals surface area contributed by atoms with E-state index in [1.54, 1.807) is 0 Å². The van der Waals surface area contributed by atoms with Crippen molar-refractivity contribution in [3.8, 4) is 0 Å². The molecule has 4 heterocycles. The zero-order valence-corrected chi connectivity index (χ0v) is 16.1. The number of hydrogen-bond donors (Lipinski definition) is 1. The van der Waals surface area contributed by atoms with Crippen LogP contribution in [0.15, 0.2) is 0 Å². The van der Waals surface area contributed by atoms with Crippen LogP contribution in [0.3, 0.4) is 0 Å². The highest BCUT2D eigenvalue weighted by Gasteiger charge is 2.64. The molecule has 4 fully saturated rings. The average Bonchev–Trinajstić information content (AvgIpc) is 2.97. The maximum absolute atomic E-state index is 13.3. The quantitative estimate of drug-likeness (QED) is 0.694. The van der Waals surface area contributed by atoms with Crippen molar-refractivity contribution in [2.24, 2.45) is 0 Å². The second-order valence-corrected chi connectivity index (χ2v) is 8.68. The number of likely N-dealkylation sites (tertiary alicyclic amines) is 2. The SMILES string of the molecule is CCCCN1C(=O)C2CC(O)CN2C2(CN(C3CCN(C)CC3)C2)C1=O. The van der Waals surface area contributed by atoms with Crippen LogP contribution in [0.4, 0.5) is 0 Å². The molecule has 4 saturated heterocycles. The Morgan fingerprint density at radius 3 is 2.54 bits per heavy atom. The van der Waals surface area contributed by atoms with E-state index < -0.39 is 11.6 Å². The van der Waals surface area contributed by atoms with Crippen LogP contribution in [-0.4, -0.2) is 107 Å². The number of fused-ring (bicyclic) bond motifs is 2. The molecule has 0 radical (unpaired) electrons. The molecule has 146 valence electrons. The van der Waals surface area contributed by atoms with Crippen molar-refractivity contribution in [1.29, 1.82) is 0 Å². The van der Waals surface area contributed by atoms with Gasteiger partial charge >= 0.3 is 0 Å². The summed E-state index contributed by atoms with van der Waals surface area (Å²) in [6.07, 6.45) is 4.06. The van der Waals surface area contributed by atoms with Gasteiger partial charge in [0.1, 0.15) is 5.54 Å². The Hall–Kier alpha value is -1.02. The molecule has 0 bridgehead atoms. The summed E-state index contributed by atoms with van der Waals surface area (Å²) in [6.45, 7) is 6.67. The van der Waals surface area contributed by atoms with Gasteiger partial charge in [0.2, 0.25) is 5.91 Å². The molecule has 4 aliphatic rings. The second kappa shape index (κ2) is 6.86. The molecule has 7 nitrogen and oxygen atoms in total. The largest absolute Gasteiger partial charge is 0.392 e. The van der Waals surface area contributed by atoms with Gasteiger partial charge < -0.3 is 10.0 Å². The summed E-state index contributed by atoms with van der Waals surface area (Å²) in [5, 5.41) is 10.2. The van der Waals surface area contributed by atoms with E-state index >= 15 is 0 Å². The number of amides is 2. The first-order valence-corrected chi connectivity index (χ1v) is 10.2. The summed E-state index contributed by atoms with van der Waals surface area (Å²) in [5.41, 5.74) is -0.590. The first-order chi connectivity index (χ1) is 12.5. The molecule has 0 aromatic carbocycles. The Balaban J connectivity index is 1.52. The minimum absolute atomic E-state index is 0.0227. The number of carbonyl (C=O) groups is 2. The highest BCUT2D eigenvalue weighted by Crippen LogP contribution is 2.42. The van der Waals surface area contributed by atoms with E-state index in [2.05, 4.69) is 23.8 Å². The number of β-amino-alcohol motifs (C(OH)–C–C–N with tert-alkyl or cyclic N) is 1. The van der Waals surface area contributed by atoms with Crippen LogP contribution in [0.1, 0.15) is 39.0 Å². The van der Waals surface area contributed by atoms with Gasteiger partial charge in [-0.2, -0.15) is 0 Å². The lowest BCUT2D eigenvalue weighted by atomic mass is 9.80. The van der Waals surface area contributed by atoms with E-state index in [4.69, 9.17) is 0 Å². The van der Waals surface area contributed by atoms with E-state index in [-0.39, 0.29) is 17.9 Å². The van der Waals surface area contributed by atoms with Crippen molar-refractivity contribution in [1.82, 2.24) is 19.6 Å². The Labute approximate surface area is 155 Å². The molecule has 0 aliphatic carbocycles. The van der Waals surface area contributed by atoms with Crippen molar-refractivity contribution < 1.29 is 14.7 Å².